The number of unbranched alkanes of at least 4 members (excludes halogenated alkanes) is 1. The highest BCUT2D eigenvalue weighted by molar-refractivity contribution is 7.10. The largest absolute Gasteiger partial charge is 0.323 e. The number of rotatable bonds is 6. The highest BCUT2D eigenvalue weighted by atomic mass is 32.1. The smallest absolute Gasteiger partial charge is 0.0392 e. The van der Waals surface area contributed by atoms with E-state index < -0.39 is 0 Å². The number of aryl methyl sites for hydroxylation is 1. The van der Waals surface area contributed by atoms with E-state index in [0.717, 1.165) is 25.7 Å². The van der Waals surface area contributed by atoms with Gasteiger partial charge in [-0.1, -0.05) is 13.0 Å². The fourth-order valence-corrected chi connectivity index (χ4v) is 2.61. The van der Waals surface area contributed by atoms with Gasteiger partial charge in [0.15, 0.2) is 0 Å². The van der Waals surface area contributed by atoms with Crippen LogP contribution < -0.4 is 5.73 Å². The second kappa shape index (κ2) is 5.99. The molecule has 1 nitrogen and oxygen atoms in total. The lowest BCUT2D eigenvalue weighted by atomic mass is 10.0. The van der Waals surface area contributed by atoms with Gasteiger partial charge in [-0.2, -0.15) is 0 Å². The van der Waals surface area contributed by atoms with Crippen molar-refractivity contribution >= 4 is 11.3 Å². The lowest BCUT2D eigenvalue weighted by Gasteiger charge is -2.10. The van der Waals surface area contributed by atoms with Crippen molar-refractivity contribution < 1.29 is 0 Å². The number of nitrogens with two attached hydrogens (primary N) is 1. The van der Waals surface area contributed by atoms with E-state index in [1.165, 1.54) is 10.4 Å². The van der Waals surface area contributed by atoms with Crippen LogP contribution in [0.3, 0.4) is 0 Å². The third kappa shape index (κ3) is 2.96. The maximum atomic E-state index is 6.13. The maximum Gasteiger partial charge on any atom is 0.0392 e. The van der Waals surface area contributed by atoms with Crippen LogP contribution in [0.1, 0.15) is 42.7 Å². The molecule has 14 heavy (non-hydrogen) atoms. The van der Waals surface area contributed by atoms with Crippen LogP contribution >= 0.6 is 11.3 Å². The SMILES string of the molecule is C=CCCCC(N)c1sccc1CC. The summed E-state index contributed by atoms with van der Waals surface area (Å²) in [5, 5.41) is 2.14. The molecule has 1 atom stereocenters. The molecule has 1 aromatic heterocycles. The van der Waals surface area contributed by atoms with E-state index >= 15 is 0 Å². The second-order valence-electron chi connectivity index (χ2n) is 3.49. The summed E-state index contributed by atoms with van der Waals surface area (Å²) in [6, 6.07) is 2.41. The monoisotopic (exact) mass is 209 g/mol. The molecule has 1 rings (SSSR count). The van der Waals surface area contributed by atoms with Gasteiger partial charge in [-0.3, -0.25) is 0 Å². The van der Waals surface area contributed by atoms with Gasteiger partial charge >= 0.3 is 0 Å². The van der Waals surface area contributed by atoms with Crippen LogP contribution in [0.25, 0.3) is 0 Å². The van der Waals surface area contributed by atoms with Crippen LogP contribution in [0, 0.1) is 0 Å². The van der Waals surface area contributed by atoms with Crippen LogP contribution in [-0.2, 0) is 6.42 Å². The summed E-state index contributed by atoms with van der Waals surface area (Å²) in [6.45, 7) is 5.90. The third-order valence-corrected chi connectivity index (χ3v) is 3.51. The van der Waals surface area contributed by atoms with Gasteiger partial charge in [-0.15, -0.1) is 17.9 Å². The molecule has 0 aliphatic heterocycles. The standard InChI is InChI=1S/C12H19NS/c1-3-5-6-7-11(13)12-10(4-2)8-9-14-12/h3,8-9,11H,1,4-7,13H2,2H3. The van der Waals surface area contributed by atoms with Crippen LogP contribution in [0.4, 0.5) is 0 Å². The van der Waals surface area contributed by atoms with Gasteiger partial charge in [0.2, 0.25) is 0 Å². The van der Waals surface area contributed by atoms with Crippen LogP contribution in [0.5, 0.6) is 0 Å². The molecule has 0 spiro atoms. The van der Waals surface area contributed by atoms with Crippen molar-refractivity contribution in [1.82, 2.24) is 0 Å². The molecular formula is C12H19NS. The lowest BCUT2D eigenvalue weighted by molar-refractivity contribution is 0.622. The van der Waals surface area contributed by atoms with Crippen LogP contribution in [0.15, 0.2) is 24.1 Å². The van der Waals surface area contributed by atoms with E-state index in [9.17, 15) is 0 Å². The van der Waals surface area contributed by atoms with E-state index in [-0.39, 0.29) is 6.04 Å². The Labute approximate surface area is 90.6 Å². The Morgan fingerprint density at radius 1 is 1.64 bits per heavy atom. The van der Waals surface area contributed by atoms with Crippen molar-refractivity contribution in [2.75, 3.05) is 0 Å². The summed E-state index contributed by atoms with van der Waals surface area (Å²) in [5.74, 6) is 0. The molecule has 0 aliphatic carbocycles. The topological polar surface area (TPSA) is 26.0 Å². The molecule has 0 fully saturated rings. The molecule has 0 amide bonds. The molecule has 0 bridgehead atoms. The molecule has 0 saturated carbocycles. The molecule has 1 unspecified atom stereocenters. The first kappa shape index (κ1) is 11.5. The fraction of sp³-hybridized carbons (Fsp3) is 0.500. The molecule has 78 valence electrons. The first-order chi connectivity index (χ1) is 6.79. The highest BCUT2D eigenvalue weighted by Crippen LogP contribution is 2.26. The minimum absolute atomic E-state index is 0.227. The Morgan fingerprint density at radius 2 is 2.43 bits per heavy atom. The Hall–Kier alpha value is -0.600. The molecule has 1 heterocycles. The first-order valence-corrected chi connectivity index (χ1v) is 6.10. The quantitative estimate of drug-likeness (QED) is 0.561. The number of thiophene rings is 1. The molecular weight excluding hydrogens is 190 g/mol. The van der Waals surface area contributed by atoms with Crippen LogP contribution in [-0.4, -0.2) is 0 Å². The Morgan fingerprint density at radius 3 is 3.07 bits per heavy atom. The predicted octanol–water partition coefficient (Wildman–Crippen LogP) is 3.67. The lowest BCUT2D eigenvalue weighted by Crippen LogP contribution is -2.09. The van der Waals surface area contributed by atoms with Crippen molar-refractivity contribution in [2.24, 2.45) is 5.73 Å². The van der Waals surface area contributed by atoms with Gasteiger partial charge in [0, 0.05) is 10.9 Å². The first-order valence-electron chi connectivity index (χ1n) is 5.22. The van der Waals surface area contributed by atoms with Crippen molar-refractivity contribution in [3.8, 4) is 0 Å². The van der Waals surface area contributed by atoms with E-state index in [2.05, 4.69) is 24.9 Å². The highest BCUT2D eigenvalue weighted by Gasteiger charge is 2.10. The summed E-state index contributed by atoms with van der Waals surface area (Å²) < 4.78 is 0. The van der Waals surface area contributed by atoms with Crippen LogP contribution in [0.2, 0.25) is 0 Å². The van der Waals surface area contributed by atoms with Crippen molar-refractivity contribution in [3.05, 3.63) is 34.5 Å². The fourth-order valence-electron chi connectivity index (χ4n) is 1.58. The zero-order valence-corrected chi connectivity index (χ0v) is 9.65. The zero-order valence-electron chi connectivity index (χ0n) is 8.83. The molecule has 1 aromatic rings. The number of hydrogen-bond donors (Lipinski definition) is 1. The Bertz CT molecular complexity index is 278. The second-order valence-corrected chi connectivity index (χ2v) is 4.44. The minimum atomic E-state index is 0.227. The van der Waals surface area contributed by atoms with E-state index in [1.54, 1.807) is 11.3 Å². The predicted molar refractivity (Wildman–Crippen MR) is 64.7 cm³/mol. The molecule has 0 aliphatic rings. The van der Waals surface area contributed by atoms with Crippen molar-refractivity contribution in [1.29, 1.82) is 0 Å². The Kier molecular flexibility index (Phi) is 4.91. The van der Waals surface area contributed by atoms with Gasteiger partial charge in [0.25, 0.3) is 0 Å². The van der Waals surface area contributed by atoms with Gasteiger partial charge in [0.1, 0.15) is 0 Å². The van der Waals surface area contributed by atoms with E-state index in [4.69, 9.17) is 5.73 Å². The molecule has 0 aromatic carbocycles. The van der Waals surface area contributed by atoms with Gasteiger partial charge in [0.05, 0.1) is 0 Å². The molecule has 0 radical (unpaired) electrons. The molecule has 2 N–H and O–H groups in total. The summed E-state index contributed by atoms with van der Waals surface area (Å²) >= 11 is 1.79. The summed E-state index contributed by atoms with van der Waals surface area (Å²) in [4.78, 5) is 1.37. The normalized spacial score (nSPS) is 12.7. The zero-order chi connectivity index (χ0) is 10.4. The summed E-state index contributed by atoms with van der Waals surface area (Å²) in [5.41, 5.74) is 7.55. The minimum Gasteiger partial charge on any atom is -0.323 e. The summed E-state index contributed by atoms with van der Waals surface area (Å²) in [6.07, 6.45) is 6.33. The maximum absolute atomic E-state index is 6.13. The van der Waals surface area contributed by atoms with Crippen molar-refractivity contribution in [3.63, 3.8) is 0 Å². The number of hydrogen-bond acceptors (Lipinski definition) is 2. The van der Waals surface area contributed by atoms with Crippen molar-refractivity contribution in [2.45, 2.75) is 38.6 Å². The van der Waals surface area contributed by atoms with Gasteiger partial charge < -0.3 is 5.73 Å². The average Bonchev–Trinajstić information content (AvgIpc) is 2.65. The average molecular weight is 209 g/mol. The van der Waals surface area contributed by atoms with Gasteiger partial charge in [-0.25, -0.2) is 0 Å². The van der Waals surface area contributed by atoms with E-state index in [1.807, 2.05) is 6.08 Å². The molecule has 0 saturated heterocycles. The van der Waals surface area contributed by atoms with E-state index in [0.29, 0.717) is 0 Å². The number of allylic oxidation sites excluding steroid dienone is 1. The Balaban J connectivity index is 2.50. The molecule has 2 heteroatoms. The summed E-state index contributed by atoms with van der Waals surface area (Å²) in [7, 11) is 0. The van der Waals surface area contributed by atoms with Gasteiger partial charge in [-0.05, 0) is 42.7 Å². The third-order valence-electron chi connectivity index (χ3n) is 2.42.